The van der Waals surface area contributed by atoms with Crippen molar-refractivity contribution in [2.24, 2.45) is 0 Å². The summed E-state index contributed by atoms with van der Waals surface area (Å²) in [6.45, 7) is 12.0. The van der Waals surface area contributed by atoms with Crippen molar-refractivity contribution in [1.82, 2.24) is 10.3 Å². The van der Waals surface area contributed by atoms with Crippen molar-refractivity contribution in [2.75, 3.05) is 11.4 Å². The quantitative estimate of drug-likeness (QED) is 0.378. The van der Waals surface area contributed by atoms with E-state index in [2.05, 4.69) is 26.2 Å². The summed E-state index contributed by atoms with van der Waals surface area (Å²) in [5.74, 6) is -0.506. The lowest BCUT2D eigenvalue weighted by Gasteiger charge is -2.32. The number of hydrogen-bond donors (Lipinski definition) is 1. The second-order valence-electron chi connectivity index (χ2n) is 10.2. The molecule has 0 radical (unpaired) electrons. The largest absolute Gasteiger partial charge is 0.444 e. The summed E-state index contributed by atoms with van der Waals surface area (Å²) in [4.78, 5) is 31.3. The zero-order chi connectivity index (χ0) is 27.5. The second kappa shape index (κ2) is 11.4. The Bertz CT molecular complexity index is 1050. The highest BCUT2D eigenvalue weighted by molar-refractivity contribution is 9.11. The van der Waals surface area contributed by atoms with Gasteiger partial charge in [0.05, 0.1) is 28.1 Å². The van der Waals surface area contributed by atoms with E-state index >= 15 is 0 Å². The molecule has 0 saturated heterocycles. The predicted molar refractivity (Wildman–Crippen MR) is 136 cm³/mol. The van der Waals surface area contributed by atoms with Crippen LogP contribution in [0.3, 0.4) is 0 Å². The Labute approximate surface area is 221 Å². The van der Waals surface area contributed by atoms with E-state index in [0.29, 0.717) is 14.5 Å². The third-order valence-electron chi connectivity index (χ3n) is 4.76. The van der Waals surface area contributed by atoms with Crippen LogP contribution in [0.4, 0.5) is 27.9 Å². The Morgan fingerprint density at radius 2 is 1.61 bits per heavy atom. The number of alkyl halides is 3. The minimum atomic E-state index is -4.47. The molecule has 200 valence electrons. The summed E-state index contributed by atoms with van der Waals surface area (Å²) in [5, 5.41) is 3.10. The molecule has 12 heteroatoms. The zero-order valence-electron chi connectivity index (χ0n) is 21.2. The maximum atomic E-state index is 13.1. The van der Waals surface area contributed by atoms with Gasteiger partial charge in [-0.25, -0.2) is 14.6 Å². The van der Waals surface area contributed by atoms with Crippen molar-refractivity contribution < 1.29 is 32.2 Å². The monoisotopic (exact) mass is 593 g/mol. The first-order valence-electron chi connectivity index (χ1n) is 11.1. The molecule has 0 aliphatic heterocycles. The summed E-state index contributed by atoms with van der Waals surface area (Å²) in [6.07, 6.45) is -4.34. The maximum absolute atomic E-state index is 13.1. The number of alkyl carbamates (subject to hydrolysis) is 1. The average Bonchev–Trinajstić information content (AvgIpc) is 3.13. The Morgan fingerprint density at radius 1 is 1.06 bits per heavy atom. The number of rotatable bonds is 6. The lowest BCUT2D eigenvalue weighted by Crippen LogP contribution is -2.50. The molecule has 36 heavy (non-hydrogen) atoms. The number of amides is 2. The van der Waals surface area contributed by atoms with E-state index in [9.17, 15) is 22.8 Å². The number of benzene rings is 1. The van der Waals surface area contributed by atoms with Crippen LogP contribution in [-0.4, -0.2) is 41.0 Å². The van der Waals surface area contributed by atoms with Crippen molar-refractivity contribution in [2.45, 2.75) is 77.8 Å². The summed E-state index contributed by atoms with van der Waals surface area (Å²) in [6, 6.07) is 3.93. The summed E-state index contributed by atoms with van der Waals surface area (Å²) < 4.78 is 50.8. The van der Waals surface area contributed by atoms with Crippen molar-refractivity contribution in [3.63, 3.8) is 0 Å². The number of carbonyl (C=O) groups is 2. The molecule has 1 aromatic carbocycles. The summed E-state index contributed by atoms with van der Waals surface area (Å²) in [5.41, 5.74) is -1.82. The number of ether oxygens (including phenoxy) is 2. The van der Waals surface area contributed by atoms with E-state index < -0.39 is 47.1 Å². The first kappa shape index (κ1) is 29.9. The first-order chi connectivity index (χ1) is 16.4. The van der Waals surface area contributed by atoms with Crippen LogP contribution in [0.5, 0.6) is 0 Å². The van der Waals surface area contributed by atoms with Gasteiger partial charge in [0.2, 0.25) is 0 Å². The molecule has 0 saturated carbocycles. The SMILES string of the molecule is CC(c1ccc(C(F)(F)F)cc1)C(CN(C(=O)OC(C)(C)C)c1ncc(Br)s1)NC(=O)OC(C)(C)C. The second-order valence-corrected chi connectivity index (χ2v) is 12.6. The van der Waals surface area contributed by atoms with E-state index in [1.54, 1.807) is 48.5 Å². The topological polar surface area (TPSA) is 80.8 Å². The molecule has 1 aromatic heterocycles. The van der Waals surface area contributed by atoms with Gasteiger partial charge < -0.3 is 14.8 Å². The van der Waals surface area contributed by atoms with E-state index in [4.69, 9.17) is 9.47 Å². The smallest absolute Gasteiger partial charge is 0.416 e. The molecule has 2 atom stereocenters. The maximum Gasteiger partial charge on any atom is 0.416 e. The Balaban J connectivity index is 2.43. The van der Waals surface area contributed by atoms with Gasteiger partial charge in [0.1, 0.15) is 11.2 Å². The highest BCUT2D eigenvalue weighted by Crippen LogP contribution is 2.32. The number of thiazole rings is 1. The molecule has 2 unspecified atom stereocenters. The third-order valence-corrected chi connectivity index (χ3v) is 6.26. The van der Waals surface area contributed by atoms with Gasteiger partial charge >= 0.3 is 18.4 Å². The molecule has 2 rings (SSSR count). The fraction of sp³-hybridized carbons (Fsp3) is 0.542. The van der Waals surface area contributed by atoms with Crippen LogP contribution in [0, 0.1) is 0 Å². The molecule has 7 nitrogen and oxygen atoms in total. The normalized spacial score (nSPS) is 14.1. The molecule has 0 aliphatic rings. The van der Waals surface area contributed by atoms with E-state index in [0.717, 1.165) is 12.1 Å². The van der Waals surface area contributed by atoms with Gasteiger partial charge in [-0.2, -0.15) is 13.2 Å². The average molecular weight is 594 g/mol. The van der Waals surface area contributed by atoms with E-state index in [1.165, 1.54) is 34.6 Å². The van der Waals surface area contributed by atoms with Crippen molar-refractivity contribution in [1.29, 1.82) is 0 Å². The Morgan fingerprint density at radius 3 is 2.06 bits per heavy atom. The first-order valence-corrected chi connectivity index (χ1v) is 12.7. The van der Waals surface area contributed by atoms with Crippen LogP contribution in [0.15, 0.2) is 34.2 Å². The zero-order valence-corrected chi connectivity index (χ0v) is 23.6. The van der Waals surface area contributed by atoms with Crippen LogP contribution >= 0.6 is 27.3 Å². The lowest BCUT2D eigenvalue weighted by atomic mass is 9.92. The molecule has 1 N–H and O–H groups in total. The number of nitrogens with zero attached hydrogens (tertiary/aromatic N) is 2. The summed E-state index contributed by atoms with van der Waals surface area (Å²) >= 11 is 4.53. The van der Waals surface area contributed by atoms with Crippen molar-refractivity contribution >= 4 is 44.6 Å². The van der Waals surface area contributed by atoms with Crippen LogP contribution < -0.4 is 10.2 Å². The van der Waals surface area contributed by atoms with Crippen LogP contribution in [0.1, 0.15) is 65.5 Å². The number of hydrogen-bond acceptors (Lipinski definition) is 6. The number of carbonyl (C=O) groups excluding carboxylic acids is 2. The molecule has 2 aromatic rings. The molecule has 0 fully saturated rings. The van der Waals surface area contributed by atoms with Gasteiger partial charge in [-0.15, -0.1) is 0 Å². The van der Waals surface area contributed by atoms with Gasteiger partial charge in [-0.05, 0) is 75.2 Å². The Hall–Kier alpha value is -2.34. The number of nitrogens with one attached hydrogen (secondary N) is 1. The minimum absolute atomic E-state index is 0.0731. The highest BCUT2D eigenvalue weighted by atomic mass is 79.9. The predicted octanol–water partition coefficient (Wildman–Crippen LogP) is 7.36. The van der Waals surface area contributed by atoms with Gasteiger partial charge in [-0.1, -0.05) is 30.4 Å². The van der Waals surface area contributed by atoms with E-state index in [-0.39, 0.29) is 6.54 Å². The fourth-order valence-corrected chi connectivity index (χ4v) is 4.29. The molecule has 0 spiro atoms. The van der Waals surface area contributed by atoms with Crippen molar-refractivity contribution in [3.05, 3.63) is 45.4 Å². The molecule has 1 heterocycles. The Kier molecular flexibility index (Phi) is 9.44. The fourth-order valence-electron chi connectivity index (χ4n) is 3.11. The van der Waals surface area contributed by atoms with Gasteiger partial charge in [0, 0.05) is 5.92 Å². The van der Waals surface area contributed by atoms with Gasteiger partial charge in [0.15, 0.2) is 5.13 Å². The van der Waals surface area contributed by atoms with Gasteiger partial charge in [0.25, 0.3) is 0 Å². The molecular weight excluding hydrogens is 563 g/mol. The van der Waals surface area contributed by atoms with Crippen LogP contribution in [0.25, 0.3) is 0 Å². The summed E-state index contributed by atoms with van der Waals surface area (Å²) in [7, 11) is 0. The van der Waals surface area contributed by atoms with Gasteiger partial charge in [-0.3, -0.25) is 4.90 Å². The number of aromatic nitrogens is 1. The van der Waals surface area contributed by atoms with Crippen LogP contribution in [0.2, 0.25) is 0 Å². The number of halogens is 4. The highest BCUT2D eigenvalue weighted by Gasteiger charge is 2.34. The molecular formula is C24H31BrF3N3O4S. The lowest BCUT2D eigenvalue weighted by molar-refractivity contribution is -0.137. The van der Waals surface area contributed by atoms with E-state index in [1.807, 2.05) is 0 Å². The number of anilines is 1. The molecule has 0 bridgehead atoms. The standard InChI is InChI=1S/C24H31BrF3N3O4S/c1-14(15-8-10-16(11-9-15)24(26,27)28)17(30-20(32)34-22(2,3)4)13-31(19-29-12-18(25)36-19)21(33)35-23(5,6)7/h8-12,14,17H,13H2,1-7H3,(H,30,32). The van der Waals surface area contributed by atoms with Crippen LogP contribution in [-0.2, 0) is 15.7 Å². The van der Waals surface area contributed by atoms with Crippen molar-refractivity contribution in [3.8, 4) is 0 Å². The third kappa shape index (κ3) is 9.27. The molecule has 2 amide bonds. The minimum Gasteiger partial charge on any atom is -0.444 e. The molecule has 0 aliphatic carbocycles.